The average molecular weight is 396 g/mol. The second kappa shape index (κ2) is 8.05. The van der Waals surface area contributed by atoms with Crippen LogP contribution in [0.1, 0.15) is 69.4 Å². The van der Waals surface area contributed by atoms with Gasteiger partial charge in [0.05, 0.1) is 0 Å². The van der Waals surface area contributed by atoms with Gasteiger partial charge in [-0.25, -0.2) is 4.98 Å². The van der Waals surface area contributed by atoms with E-state index in [9.17, 15) is 4.79 Å². The number of hydrogen-bond acceptors (Lipinski definition) is 5. The van der Waals surface area contributed by atoms with Gasteiger partial charge in [0.2, 0.25) is 5.95 Å². The molecule has 3 fully saturated rings. The average Bonchev–Trinajstić information content (AvgIpc) is 3.28. The molecule has 2 aliphatic heterocycles. The third kappa shape index (κ3) is 3.67. The predicted molar refractivity (Wildman–Crippen MR) is 117 cm³/mol. The fourth-order valence-electron chi connectivity index (χ4n) is 5.64. The molecule has 29 heavy (non-hydrogen) atoms. The Balaban J connectivity index is 1.41. The van der Waals surface area contributed by atoms with Gasteiger partial charge in [0.15, 0.2) is 0 Å². The molecule has 6 nitrogen and oxygen atoms in total. The summed E-state index contributed by atoms with van der Waals surface area (Å²) in [6, 6.07) is 2.76. The van der Waals surface area contributed by atoms with Crippen molar-refractivity contribution in [1.29, 1.82) is 0 Å². The summed E-state index contributed by atoms with van der Waals surface area (Å²) < 4.78 is 1.96. The van der Waals surface area contributed by atoms with Gasteiger partial charge < -0.3 is 9.80 Å². The second-order valence-corrected chi connectivity index (χ2v) is 9.20. The van der Waals surface area contributed by atoms with Gasteiger partial charge in [-0.15, -0.1) is 0 Å². The van der Waals surface area contributed by atoms with Gasteiger partial charge in [-0.1, -0.05) is 19.3 Å². The smallest absolute Gasteiger partial charge is 0.252 e. The first kappa shape index (κ1) is 19.0. The molecule has 2 saturated heterocycles. The number of pyridine rings is 1. The summed E-state index contributed by atoms with van der Waals surface area (Å²) in [6.07, 6.45) is 13.0. The molecule has 5 rings (SSSR count). The van der Waals surface area contributed by atoms with E-state index in [1.807, 2.05) is 17.7 Å². The maximum absolute atomic E-state index is 12.8. The Labute approximate surface area is 172 Å². The van der Waals surface area contributed by atoms with Crippen molar-refractivity contribution in [2.24, 2.45) is 0 Å². The van der Waals surface area contributed by atoms with Crippen molar-refractivity contribution in [2.75, 3.05) is 31.1 Å². The van der Waals surface area contributed by atoms with Crippen molar-refractivity contribution in [3.8, 4) is 0 Å². The van der Waals surface area contributed by atoms with Crippen LogP contribution in [0.3, 0.4) is 0 Å². The van der Waals surface area contributed by atoms with Crippen molar-refractivity contribution in [1.82, 2.24) is 19.4 Å². The summed E-state index contributed by atoms with van der Waals surface area (Å²) in [4.78, 5) is 27.5. The number of hydrogen-bond donors (Lipinski definition) is 0. The van der Waals surface area contributed by atoms with Crippen LogP contribution < -0.4 is 10.5 Å². The zero-order valence-electron chi connectivity index (χ0n) is 17.6. The topological polar surface area (TPSA) is 54.3 Å². The van der Waals surface area contributed by atoms with E-state index in [-0.39, 0.29) is 11.6 Å². The van der Waals surface area contributed by atoms with Crippen LogP contribution in [0, 0.1) is 6.92 Å². The quantitative estimate of drug-likeness (QED) is 0.794. The lowest BCUT2D eigenvalue weighted by Crippen LogP contribution is -2.47. The summed E-state index contributed by atoms with van der Waals surface area (Å²) in [6.45, 7) is 6.54. The van der Waals surface area contributed by atoms with Crippen molar-refractivity contribution in [3.63, 3.8) is 0 Å². The maximum atomic E-state index is 12.8. The number of rotatable bonds is 3. The van der Waals surface area contributed by atoms with E-state index >= 15 is 0 Å². The highest BCUT2D eigenvalue weighted by Crippen LogP contribution is 2.31. The minimum absolute atomic E-state index is 0.0929. The van der Waals surface area contributed by atoms with Crippen molar-refractivity contribution in [2.45, 2.75) is 76.8 Å². The van der Waals surface area contributed by atoms with E-state index in [1.165, 1.54) is 58.0 Å². The first-order chi connectivity index (χ1) is 14.2. The normalized spacial score (nSPS) is 22.6. The SMILES string of the molecule is Cc1cc(=O)n(C2CCCC2)c2nc(N3CCC(N4CCCCC4)CC3)ncc12. The van der Waals surface area contributed by atoms with Gasteiger partial charge >= 0.3 is 0 Å². The summed E-state index contributed by atoms with van der Waals surface area (Å²) >= 11 is 0. The predicted octanol–water partition coefficient (Wildman–Crippen LogP) is 3.67. The molecule has 2 aromatic heterocycles. The number of nitrogens with zero attached hydrogens (tertiary/aromatic N) is 5. The highest BCUT2D eigenvalue weighted by atomic mass is 16.1. The highest BCUT2D eigenvalue weighted by Gasteiger charge is 2.27. The highest BCUT2D eigenvalue weighted by molar-refractivity contribution is 5.79. The molecule has 0 amide bonds. The van der Waals surface area contributed by atoms with Crippen molar-refractivity contribution < 1.29 is 0 Å². The summed E-state index contributed by atoms with van der Waals surface area (Å²) in [5.41, 5.74) is 1.91. The van der Waals surface area contributed by atoms with Gasteiger partial charge in [0, 0.05) is 42.8 Å². The van der Waals surface area contributed by atoms with E-state index in [0.29, 0.717) is 6.04 Å². The standard InChI is InChI=1S/C23H33N5O/c1-17-15-21(29)28(19-7-3-4-8-19)22-20(17)16-24-23(25-22)27-13-9-18(10-14-27)26-11-5-2-6-12-26/h15-16,18-19H,2-14H2,1H3. The van der Waals surface area contributed by atoms with E-state index in [1.54, 1.807) is 6.07 Å². The van der Waals surface area contributed by atoms with Crippen LogP contribution in [-0.2, 0) is 0 Å². The Morgan fingerprint density at radius 3 is 2.34 bits per heavy atom. The Hall–Kier alpha value is -1.95. The zero-order valence-corrected chi connectivity index (χ0v) is 17.6. The minimum Gasteiger partial charge on any atom is -0.341 e. The van der Waals surface area contributed by atoms with Crippen LogP contribution in [0.25, 0.3) is 11.0 Å². The fourth-order valence-corrected chi connectivity index (χ4v) is 5.64. The van der Waals surface area contributed by atoms with Crippen LogP contribution >= 0.6 is 0 Å². The molecular weight excluding hydrogens is 362 g/mol. The summed E-state index contributed by atoms with van der Waals surface area (Å²) in [5.74, 6) is 0.798. The van der Waals surface area contributed by atoms with E-state index in [4.69, 9.17) is 9.97 Å². The Bertz CT molecular complexity index is 919. The molecule has 0 spiro atoms. The number of aromatic nitrogens is 3. The number of fused-ring (bicyclic) bond motifs is 1. The second-order valence-electron chi connectivity index (χ2n) is 9.20. The van der Waals surface area contributed by atoms with Gasteiger partial charge in [-0.2, -0.15) is 4.98 Å². The fraction of sp³-hybridized carbons (Fsp3) is 0.696. The minimum atomic E-state index is 0.0929. The number of piperidine rings is 2. The molecule has 0 aromatic carbocycles. The molecule has 6 heteroatoms. The lowest BCUT2D eigenvalue weighted by Gasteiger charge is -2.40. The van der Waals surface area contributed by atoms with Crippen LogP contribution in [0.4, 0.5) is 5.95 Å². The van der Waals surface area contributed by atoms with E-state index in [2.05, 4.69) is 9.80 Å². The molecule has 0 radical (unpaired) electrons. The molecule has 0 bridgehead atoms. The third-order valence-corrected chi connectivity index (χ3v) is 7.33. The van der Waals surface area contributed by atoms with Crippen molar-refractivity contribution in [3.05, 3.63) is 28.2 Å². The Morgan fingerprint density at radius 2 is 1.62 bits per heavy atom. The maximum Gasteiger partial charge on any atom is 0.252 e. The molecule has 4 heterocycles. The third-order valence-electron chi connectivity index (χ3n) is 7.33. The van der Waals surface area contributed by atoms with Crippen LogP contribution in [0.2, 0.25) is 0 Å². The molecule has 0 atom stereocenters. The first-order valence-corrected chi connectivity index (χ1v) is 11.6. The summed E-state index contributed by atoms with van der Waals surface area (Å²) in [5, 5.41) is 1.02. The molecule has 0 unspecified atom stereocenters. The molecule has 2 aromatic rings. The van der Waals surface area contributed by atoms with Crippen LogP contribution in [0.15, 0.2) is 17.1 Å². The molecule has 1 saturated carbocycles. The van der Waals surface area contributed by atoms with E-state index in [0.717, 1.165) is 48.5 Å². The van der Waals surface area contributed by atoms with Crippen LogP contribution in [-0.4, -0.2) is 51.7 Å². The zero-order chi connectivity index (χ0) is 19.8. The Morgan fingerprint density at radius 1 is 0.897 bits per heavy atom. The number of aryl methyl sites for hydroxylation is 1. The molecule has 3 aliphatic rings. The number of likely N-dealkylation sites (tertiary alicyclic amines) is 1. The molecule has 0 N–H and O–H groups in total. The Kier molecular flexibility index (Phi) is 5.29. The van der Waals surface area contributed by atoms with Gasteiger partial charge in [0.1, 0.15) is 5.65 Å². The lowest BCUT2D eigenvalue weighted by atomic mass is 10.00. The van der Waals surface area contributed by atoms with Gasteiger partial charge in [-0.05, 0) is 64.1 Å². The molecular formula is C23H33N5O. The largest absolute Gasteiger partial charge is 0.341 e. The molecule has 156 valence electrons. The lowest BCUT2D eigenvalue weighted by molar-refractivity contribution is 0.141. The van der Waals surface area contributed by atoms with Crippen molar-refractivity contribution >= 4 is 17.0 Å². The monoisotopic (exact) mass is 395 g/mol. The van der Waals surface area contributed by atoms with Gasteiger partial charge in [-0.3, -0.25) is 9.36 Å². The summed E-state index contributed by atoms with van der Waals surface area (Å²) in [7, 11) is 0. The first-order valence-electron chi connectivity index (χ1n) is 11.6. The van der Waals surface area contributed by atoms with Gasteiger partial charge in [0.25, 0.3) is 5.56 Å². The number of anilines is 1. The van der Waals surface area contributed by atoms with Crippen LogP contribution in [0.5, 0.6) is 0 Å². The molecule has 1 aliphatic carbocycles. The van der Waals surface area contributed by atoms with E-state index < -0.39 is 0 Å².